The summed E-state index contributed by atoms with van der Waals surface area (Å²) in [5.41, 5.74) is -0.882. The van der Waals surface area contributed by atoms with E-state index in [2.05, 4.69) is 20.7 Å². The lowest BCUT2D eigenvalue weighted by Gasteiger charge is -2.10. The third kappa shape index (κ3) is 4.24. The van der Waals surface area contributed by atoms with E-state index < -0.39 is 11.7 Å². The largest absolute Gasteiger partial charge is 0.468 e. The highest BCUT2D eigenvalue weighted by atomic mass is 79.9. The van der Waals surface area contributed by atoms with E-state index >= 15 is 0 Å². The molecule has 1 heterocycles. The Morgan fingerprint density at radius 3 is 2.74 bits per heavy atom. The van der Waals surface area contributed by atoms with Crippen molar-refractivity contribution in [3.05, 3.63) is 31.5 Å². The molecule has 0 fully saturated rings. The first-order valence-corrected chi connectivity index (χ1v) is 7.75. The van der Waals surface area contributed by atoms with Crippen molar-refractivity contribution in [1.82, 2.24) is 9.13 Å². The van der Waals surface area contributed by atoms with Crippen LogP contribution in [0.2, 0.25) is 0 Å². The molecule has 0 radical (unpaired) electrons. The minimum absolute atomic E-state index is 0.212. The average Bonchev–Trinajstić information content (AvgIpc) is 2.39. The van der Waals surface area contributed by atoms with Gasteiger partial charge in [0.15, 0.2) is 0 Å². The molecule has 19 heavy (non-hydrogen) atoms. The van der Waals surface area contributed by atoms with E-state index in [-0.39, 0.29) is 16.6 Å². The van der Waals surface area contributed by atoms with Gasteiger partial charge in [0.2, 0.25) is 0 Å². The van der Waals surface area contributed by atoms with E-state index in [9.17, 15) is 14.4 Å². The van der Waals surface area contributed by atoms with Crippen LogP contribution in [0.25, 0.3) is 0 Å². The fraction of sp³-hybridized carbons (Fsp3) is 0.545. The molecule has 6 nitrogen and oxygen atoms in total. The van der Waals surface area contributed by atoms with Crippen molar-refractivity contribution in [2.45, 2.75) is 19.5 Å². The Balaban J connectivity index is 3.11. The zero-order valence-electron chi connectivity index (χ0n) is 10.7. The third-order valence-corrected chi connectivity index (χ3v) is 3.69. The quantitative estimate of drug-likeness (QED) is 0.557. The Bertz CT molecular complexity index is 567. The molecule has 106 valence electrons. The van der Waals surface area contributed by atoms with Crippen LogP contribution >= 0.6 is 27.7 Å². The minimum Gasteiger partial charge on any atom is -0.468 e. The molecule has 1 aromatic rings. The summed E-state index contributed by atoms with van der Waals surface area (Å²) < 4.78 is 7.05. The number of ether oxygens (including phenoxy) is 1. The zero-order valence-corrected chi connectivity index (χ0v) is 13.1. The molecule has 8 heteroatoms. The maximum Gasteiger partial charge on any atom is 0.331 e. The summed E-state index contributed by atoms with van der Waals surface area (Å²) in [5.74, 6) is 0.318. The number of hydrogen-bond acceptors (Lipinski definition) is 5. The molecule has 0 aromatic carbocycles. The molecule has 0 N–H and O–H groups in total. The predicted octanol–water partition coefficient (Wildman–Crippen LogP) is 0.699. The van der Waals surface area contributed by atoms with Crippen LogP contribution in [-0.2, 0) is 22.6 Å². The molecule has 0 saturated carbocycles. The second-order valence-corrected chi connectivity index (χ2v) is 5.61. The normalized spacial score (nSPS) is 10.5. The molecule has 0 bridgehead atoms. The number of hydrogen-bond donors (Lipinski definition) is 0. The minimum atomic E-state index is -0.539. The number of methoxy groups -OCH3 is 1. The Morgan fingerprint density at radius 2 is 2.16 bits per heavy atom. The summed E-state index contributed by atoms with van der Waals surface area (Å²) in [4.78, 5) is 35.2. The molecule has 0 saturated heterocycles. The molecule has 0 aliphatic rings. The summed E-state index contributed by atoms with van der Waals surface area (Å²) in [5, 5.41) is 0. The summed E-state index contributed by atoms with van der Waals surface area (Å²) in [7, 11) is 1.25. The summed E-state index contributed by atoms with van der Waals surface area (Å²) in [6.07, 6.45) is 3.98. The van der Waals surface area contributed by atoms with Crippen LogP contribution in [-0.4, -0.2) is 34.2 Å². The average molecular weight is 351 g/mol. The fourth-order valence-electron chi connectivity index (χ4n) is 1.50. The molecular weight excluding hydrogens is 336 g/mol. The summed E-state index contributed by atoms with van der Waals surface area (Å²) in [6, 6.07) is 0. The molecule has 0 atom stereocenters. The molecular formula is C11H15BrN2O4S. The monoisotopic (exact) mass is 350 g/mol. The van der Waals surface area contributed by atoms with Crippen LogP contribution in [0.5, 0.6) is 0 Å². The number of thioether (sulfide) groups is 1. The van der Waals surface area contributed by atoms with Crippen LogP contribution in [0.4, 0.5) is 0 Å². The van der Waals surface area contributed by atoms with E-state index in [1.54, 1.807) is 11.8 Å². The summed E-state index contributed by atoms with van der Waals surface area (Å²) >= 11 is 4.75. The number of rotatable bonds is 6. The van der Waals surface area contributed by atoms with Crippen molar-refractivity contribution >= 4 is 33.7 Å². The van der Waals surface area contributed by atoms with Gasteiger partial charge in [-0.3, -0.25) is 18.7 Å². The first-order valence-electron chi connectivity index (χ1n) is 5.56. The molecule has 0 amide bonds. The predicted molar refractivity (Wildman–Crippen MR) is 77.7 cm³/mol. The summed E-state index contributed by atoms with van der Waals surface area (Å²) in [6.45, 7) is 0.121. The van der Waals surface area contributed by atoms with Crippen molar-refractivity contribution < 1.29 is 9.53 Å². The fourth-order valence-corrected chi connectivity index (χ4v) is 2.38. The van der Waals surface area contributed by atoms with E-state index in [4.69, 9.17) is 0 Å². The van der Waals surface area contributed by atoms with Crippen molar-refractivity contribution in [3.8, 4) is 0 Å². The smallest absolute Gasteiger partial charge is 0.331 e. The van der Waals surface area contributed by atoms with Gasteiger partial charge in [0.25, 0.3) is 5.56 Å². The van der Waals surface area contributed by atoms with Gasteiger partial charge in [0.1, 0.15) is 6.54 Å². The highest BCUT2D eigenvalue weighted by Gasteiger charge is 2.12. The first kappa shape index (κ1) is 16.0. The number of aromatic nitrogens is 2. The van der Waals surface area contributed by atoms with Crippen molar-refractivity contribution in [1.29, 1.82) is 0 Å². The Labute approximate surface area is 122 Å². The molecule has 1 rings (SSSR count). The van der Waals surface area contributed by atoms with Crippen LogP contribution in [0.15, 0.2) is 20.3 Å². The number of esters is 1. The van der Waals surface area contributed by atoms with E-state index in [1.807, 2.05) is 6.26 Å². The van der Waals surface area contributed by atoms with Gasteiger partial charge in [-0.15, -0.1) is 0 Å². The number of carbonyl (C=O) groups is 1. The van der Waals surface area contributed by atoms with Gasteiger partial charge in [-0.05, 0) is 34.4 Å². The van der Waals surface area contributed by atoms with Gasteiger partial charge in [-0.25, -0.2) is 4.79 Å². The zero-order chi connectivity index (χ0) is 14.4. The molecule has 0 aliphatic heterocycles. The van der Waals surface area contributed by atoms with Gasteiger partial charge >= 0.3 is 11.7 Å². The second kappa shape index (κ2) is 7.54. The standard InChI is InChI=1S/C11H15BrN2O4S/c1-18-9(15)7-13-6-8(12)10(16)14(11(13)17)4-3-5-19-2/h6H,3-5,7H2,1-2H3. The molecule has 1 aromatic heterocycles. The second-order valence-electron chi connectivity index (χ2n) is 3.77. The van der Waals surface area contributed by atoms with Crippen LogP contribution in [0.3, 0.4) is 0 Å². The lowest BCUT2D eigenvalue weighted by atomic mass is 10.4. The number of halogens is 1. The van der Waals surface area contributed by atoms with Gasteiger partial charge in [-0.2, -0.15) is 11.8 Å². The van der Waals surface area contributed by atoms with Gasteiger partial charge in [0, 0.05) is 12.7 Å². The maximum absolute atomic E-state index is 12.1. The first-order chi connectivity index (χ1) is 9.01. The Morgan fingerprint density at radius 1 is 1.47 bits per heavy atom. The third-order valence-electron chi connectivity index (χ3n) is 2.45. The Kier molecular flexibility index (Phi) is 6.36. The molecule has 0 unspecified atom stereocenters. The van der Waals surface area contributed by atoms with E-state index in [0.717, 1.165) is 14.9 Å². The van der Waals surface area contributed by atoms with Gasteiger partial charge in [0.05, 0.1) is 11.6 Å². The van der Waals surface area contributed by atoms with Gasteiger partial charge in [-0.1, -0.05) is 0 Å². The highest BCUT2D eigenvalue weighted by Crippen LogP contribution is 2.01. The SMILES string of the molecule is COC(=O)Cn1cc(Br)c(=O)n(CCCSC)c1=O. The molecule has 0 aliphatic carbocycles. The highest BCUT2D eigenvalue weighted by molar-refractivity contribution is 9.10. The van der Waals surface area contributed by atoms with Crippen molar-refractivity contribution in [2.75, 3.05) is 19.1 Å². The van der Waals surface area contributed by atoms with Gasteiger partial charge < -0.3 is 4.74 Å². The van der Waals surface area contributed by atoms with Crippen molar-refractivity contribution in [3.63, 3.8) is 0 Å². The van der Waals surface area contributed by atoms with Crippen LogP contribution < -0.4 is 11.2 Å². The topological polar surface area (TPSA) is 70.3 Å². The van der Waals surface area contributed by atoms with E-state index in [0.29, 0.717) is 13.0 Å². The maximum atomic E-state index is 12.1. The Hall–Kier alpha value is -1.02. The van der Waals surface area contributed by atoms with Crippen LogP contribution in [0, 0.1) is 0 Å². The van der Waals surface area contributed by atoms with Crippen LogP contribution in [0.1, 0.15) is 6.42 Å². The number of nitrogens with zero attached hydrogens (tertiary/aromatic N) is 2. The molecule has 0 spiro atoms. The van der Waals surface area contributed by atoms with Crippen molar-refractivity contribution in [2.24, 2.45) is 0 Å². The lowest BCUT2D eigenvalue weighted by Crippen LogP contribution is -2.41. The number of carbonyl (C=O) groups excluding carboxylic acids is 1. The lowest BCUT2D eigenvalue weighted by molar-refractivity contribution is -0.141. The van der Waals surface area contributed by atoms with E-state index in [1.165, 1.54) is 13.3 Å².